The molecule has 6 nitrogen and oxygen atoms in total. The SMILES string of the molecule is CCOC(=O)c1nn(-c2ccc(Cl)cc2)c(=NC(=O)c2ccccc2)[se]1. The minimum absolute atomic E-state index is 0.254. The number of amides is 1. The normalized spacial score (nSPS) is 11.4. The van der Waals surface area contributed by atoms with Crippen LogP contribution in [-0.4, -0.2) is 42.8 Å². The van der Waals surface area contributed by atoms with E-state index in [4.69, 9.17) is 16.3 Å². The molecule has 0 aliphatic carbocycles. The van der Waals surface area contributed by atoms with E-state index in [1.807, 2.05) is 6.07 Å². The number of hydrogen-bond donors (Lipinski definition) is 0. The third-order valence-corrected chi connectivity index (χ3v) is 5.42. The zero-order valence-corrected chi connectivity index (χ0v) is 16.2. The molecule has 0 fully saturated rings. The summed E-state index contributed by atoms with van der Waals surface area (Å²) in [6, 6.07) is 15.6. The Balaban J connectivity index is 2.10. The summed E-state index contributed by atoms with van der Waals surface area (Å²) in [6.07, 6.45) is 0. The fraction of sp³-hybridized carbons (Fsp3) is 0.111. The van der Waals surface area contributed by atoms with Gasteiger partial charge >= 0.3 is 160 Å². The Morgan fingerprint density at radius 1 is 1.15 bits per heavy atom. The van der Waals surface area contributed by atoms with E-state index in [0.29, 0.717) is 20.6 Å². The Kier molecular flexibility index (Phi) is 5.83. The monoisotopic (exact) mass is 435 g/mol. The Morgan fingerprint density at radius 3 is 2.50 bits per heavy atom. The average Bonchev–Trinajstić information content (AvgIpc) is 3.07. The van der Waals surface area contributed by atoms with Crippen LogP contribution in [0.5, 0.6) is 0 Å². The van der Waals surface area contributed by atoms with Gasteiger partial charge < -0.3 is 0 Å². The molecule has 0 aliphatic heterocycles. The van der Waals surface area contributed by atoms with E-state index in [0.717, 1.165) is 0 Å². The van der Waals surface area contributed by atoms with Crippen LogP contribution in [0.15, 0.2) is 59.6 Å². The maximum absolute atomic E-state index is 12.4. The fourth-order valence-electron chi connectivity index (χ4n) is 2.11. The molecule has 0 aliphatic rings. The fourth-order valence-corrected chi connectivity index (χ4v) is 3.91. The van der Waals surface area contributed by atoms with Gasteiger partial charge in [-0.25, -0.2) is 0 Å². The molecule has 1 aromatic heterocycles. The van der Waals surface area contributed by atoms with Crippen molar-refractivity contribution in [2.24, 2.45) is 4.99 Å². The molecule has 3 aromatic rings. The van der Waals surface area contributed by atoms with Gasteiger partial charge in [0.05, 0.1) is 0 Å². The number of aromatic nitrogens is 2. The van der Waals surface area contributed by atoms with Crippen molar-refractivity contribution in [3.63, 3.8) is 0 Å². The molecule has 0 radical (unpaired) electrons. The Labute approximate surface area is 160 Å². The van der Waals surface area contributed by atoms with Crippen LogP contribution in [0.25, 0.3) is 5.69 Å². The van der Waals surface area contributed by atoms with Crippen molar-refractivity contribution in [3.8, 4) is 5.69 Å². The van der Waals surface area contributed by atoms with Crippen LogP contribution >= 0.6 is 11.6 Å². The summed E-state index contributed by atoms with van der Waals surface area (Å²) in [5.74, 6) is -0.884. The molecule has 0 atom stereocenters. The summed E-state index contributed by atoms with van der Waals surface area (Å²) < 4.78 is 7.19. The summed E-state index contributed by atoms with van der Waals surface area (Å²) in [6.45, 7) is 1.98. The molecule has 0 bridgehead atoms. The summed E-state index contributed by atoms with van der Waals surface area (Å²) in [4.78, 5) is 28.7. The molecule has 2 aromatic carbocycles. The van der Waals surface area contributed by atoms with Crippen molar-refractivity contribution in [3.05, 3.63) is 74.1 Å². The van der Waals surface area contributed by atoms with Crippen LogP contribution in [0.2, 0.25) is 5.02 Å². The third kappa shape index (κ3) is 4.19. The first-order valence-electron chi connectivity index (χ1n) is 7.76. The topological polar surface area (TPSA) is 73.5 Å². The second kappa shape index (κ2) is 8.27. The van der Waals surface area contributed by atoms with Crippen LogP contribution in [0, 0.1) is 0 Å². The van der Waals surface area contributed by atoms with Gasteiger partial charge in [-0.2, -0.15) is 0 Å². The molecule has 0 unspecified atom stereocenters. The Bertz CT molecular complexity index is 995. The van der Waals surface area contributed by atoms with E-state index in [1.54, 1.807) is 55.5 Å². The van der Waals surface area contributed by atoms with Gasteiger partial charge in [-0.3, -0.25) is 0 Å². The number of carbonyl (C=O) groups is 2. The predicted molar refractivity (Wildman–Crippen MR) is 97.8 cm³/mol. The van der Waals surface area contributed by atoms with Crippen LogP contribution in [0.3, 0.4) is 0 Å². The van der Waals surface area contributed by atoms with Crippen LogP contribution in [-0.2, 0) is 4.74 Å². The number of benzene rings is 2. The van der Waals surface area contributed by atoms with Crippen molar-refractivity contribution in [2.45, 2.75) is 6.92 Å². The zero-order chi connectivity index (χ0) is 18.5. The molecule has 0 spiro atoms. The first kappa shape index (κ1) is 18.3. The number of rotatable bonds is 4. The second-order valence-corrected chi connectivity index (χ2v) is 7.52. The van der Waals surface area contributed by atoms with E-state index in [9.17, 15) is 9.59 Å². The van der Waals surface area contributed by atoms with Crippen LogP contribution < -0.4 is 4.36 Å². The summed E-state index contributed by atoms with van der Waals surface area (Å²) >= 11 is 5.39. The van der Waals surface area contributed by atoms with Crippen LogP contribution in [0.1, 0.15) is 26.6 Å². The van der Waals surface area contributed by atoms with E-state index >= 15 is 0 Å². The summed E-state index contributed by atoms with van der Waals surface area (Å²) in [5, 5.41) is 4.89. The van der Waals surface area contributed by atoms with E-state index < -0.39 is 20.5 Å². The zero-order valence-electron chi connectivity index (χ0n) is 13.8. The molecule has 1 amide bonds. The molecule has 26 heavy (non-hydrogen) atoms. The van der Waals surface area contributed by atoms with Gasteiger partial charge in [0.1, 0.15) is 0 Å². The molecular weight excluding hydrogens is 421 g/mol. The van der Waals surface area contributed by atoms with Crippen molar-refractivity contribution < 1.29 is 14.3 Å². The standard InChI is InChI=1S/C18H14ClN3O3Se/c1-2-25-17(24)16-21-22(14-10-8-13(19)9-11-14)18(26-16)20-15(23)12-6-4-3-5-7-12/h3-11H,2H2,1H3. The molecule has 3 rings (SSSR count). The summed E-state index contributed by atoms with van der Waals surface area (Å²) in [5.41, 5.74) is 1.13. The molecule has 0 N–H and O–H groups in total. The predicted octanol–water partition coefficient (Wildman–Crippen LogP) is 2.50. The van der Waals surface area contributed by atoms with Gasteiger partial charge in [-0.05, 0) is 0 Å². The van der Waals surface area contributed by atoms with Gasteiger partial charge in [0, 0.05) is 0 Å². The maximum atomic E-state index is 12.4. The van der Waals surface area contributed by atoms with Gasteiger partial charge in [0.15, 0.2) is 0 Å². The number of carbonyl (C=O) groups excluding carboxylic acids is 2. The van der Waals surface area contributed by atoms with E-state index in [1.165, 1.54) is 4.68 Å². The quantitative estimate of drug-likeness (QED) is 0.467. The average molecular weight is 435 g/mol. The molecule has 132 valence electrons. The van der Waals surface area contributed by atoms with Gasteiger partial charge in [0.25, 0.3) is 0 Å². The summed E-state index contributed by atoms with van der Waals surface area (Å²) in [7, 11) is 0. The number of hydrogen-bond acceptors (Lipinski definition) is 4. The van der Waals surface area contributed by atoms with E-state index in [2.05, 4.69) is 10.1 Å². The number of esters is 1. The molecule has 0 saturated carbocycles. The van der Waals surface area contributed by atoms with E-state index in [-0.39, 0.29) is 17.1 Å². The van der Waals surface area contributed by atoms with Crippen LogP contribution in [0.4, 0.5) is 0 Å². The first-order valence-corrected chi connectivity index (χ1v) is 9.85. The Morgan fingerprint density at radius 2 is 1.85 bits per heavy atom. The molecule has 8 heteroatoms. The third-order valence-electron chi connectivity index (χ3n) is 3.30. The number of ether oxygens (including phenoxy) is 1. The second-order valence-electron chi connectivity index (χ2n) is 5.08. The number of nitrogens with zero attached hydrogens (tertiary/aromatic N) is 3. The van der Waals surface area contributed by atoms with Crippen molar-refractivity contribution in [1.82, 2.24) is 9.78 Å². The Hall–Kier alpha value is -2.47. The first-order chi connectivity index (χ1) is 12.6. The number of halogens is 1. The van der Waals surface area contributed by atoms with Gasteiger partial charge in [-0.1, -0.05) is 0 Å². The molecular formula is C18H14ClN3O3Se. The van der Waals surface area contributed by atoms with Crippen molar-refractivity contribution in [1.29, 1.82) is 0 Å². The van der Waals surface area contributed by atoms with Crippen molar-refractivity contribution in [2.75, 3.05) is 6.61 Å². The minimum atomic E-state index is -0.545. The molecule has 0 saturated heterocycles. The molecule has 1 heterocycles. The van der Waals surface area contributed by atoms with Gasteiger partial charge in [-0.15, -0.1) is 0 Å². The van der Waals surface area contributed by atoms with Crippen molar-refractivity contribution >= 4 is 38.0 Å². The van der Waals surface area contributed by atoms with Gasteiger partial charge in [0.2, 0.25) is 0 Å².